The zero-order valence-corrected chi connectivity index (χ0v) is 19.9. The van der Waals surface area contributed by atoms with Crippen molar-refractivity contribution in [2.45, 2.75) is 13.2 Å². The highest BCUT2D eigenvalue weighted by Gasteiger charge is 2.29. The normalized spacial score (nSPS) is 13.9. The van der Waals surface area contributed by atoms with Gasteiger partial charge in [0, 0.05) is 17.3 Å². The van der Waals surface area contributed by atoms with Gasteiger partial charge in [-0.3, -0.25) is 14.9 Å². The molecule has 37 heavy (non-hydrogen) atoms. The summed E-state index contributed by atoms with van der Waals surface area (Å²) in [6, 6.07) is 24.0. The van der Waals surface area contributed by atoms with Gasteiger partial charge in [0.25, 0.3) is 11.2 Å². The number of nitrogens with zero attached hydrogens (tertiary/aromatic N) is 3. The minimum absolute atomic E-state index is 0.123. The summed E-state index contributed by atoms with van der Waals surface area (Å²) in [5, 5.41) is 16.4. The zero-order valence-electron chi connectivity index (χ0n) is 19.9. The van der Waals surface area contributed by atoms with Gasteiger partial charge in [0.05, 0.1) is 34.8 Å². The highest BCUT2D eigenvalue weighted by Crippen LogP contribution is 2.37. The maximum Gasteiger partial charge on any atom is 0.282 e. The van der Waals surface area contributed by atoms with Gasteiger partial charge in [-0.1, -0.05) is 60.7 Å². The minimum Gasteiger partial charge on any atom is -0.346 e. The third-order valence-corrected chi connectivity index (χ3v) is 6.47. The first-order chi connectivity index (χ1) is 18.0. The number of nitro groups is 1. The Morgan fingerprint density at radius 2 is 1.57 bits per heavy atom. The van der Waals surface area contributed by atoms with E-state index in [0.29, 0.717) is 41.4 Å². The first kappa shape index (κ1) is 22.8. The van der Waals surface area contributed by atoms with Crippen LogP contribution in [-0.4, -0.2) is 32.7 Å². The minimum atomic E-state index is -0.859. The molecule has 1 aliphatic heterocycles. The molecular weight excluding hydrogens is 472 g/mol. The number of hydrogen-bond donors (Lipinski definition) is 1. The van der Waals surface area contributed by atoms with Crippen molar-refractivity contribution in [3.63, 3.8) is 0 Å². The van der Waals surface area contributed by atoms with E-state index in [-0.39, 0.29) is 16.8 Å². The van der Waals surface area contributed by atoms with Gasteiger partial charge >= 0.3 is 0 Å². The van der Waals surface area contributed by atoms with Crippen molar-refractivity contribution in [3.05, 3.63) is 111 Å². The summed E-state index contributed by atoms with van der Waals surface area (Å²) < 4.78 is 12.4. The van der Waals surface area contributed by atoms with Crippen molar-refractivity contribution in [2.24, 2.45) is 0 Å². The predicted molar refractivity (Wildman–Crippen MR) is 138 cm³/mol. The number of aromatic amines is 1. The molecule has 2 aromatic heterocycles. The summed E-state index contributed by atoms with van der Waals surface area (Å²) >= 11 is 0. The molecule has 3 aromatic carbocycles. The number of aromatic nitrogens is 3. The van der Waals surface area contributed by atoms with Crippen LogP contribution in [0.15, 0.2) is 83.7 Å². The number of nitrogens with one attached hydrogen (secondary N) is 1. The third kappa shape index (κ3) is 3.90. The quantitative estimate of drug-likeness (QED) is 0.263. The van der Waals surface area contributed by atoms with E-state index in [1.807, 2.05) is 67.6 Å². The average molecular weight is 495 g/mol. The maximum absolute atomic E-state index is 13.9. The van der Waals surface area contributed by atoms with Crippen molar-refractivity contribution in [2.75, 3.05) is 13.2 Å². The van der Waals surface area contributed by atoms with Gasteiger partial charge in [-0.2, -0.15) is 9.61 Å². The molecule has 3 heterocycles. The van der Waals surface area contributed by atoms with Crippen molar-refractivity contribution >= 4 is 11.3 Å². The number of benzene rings is 3. The summed E-state index contributed by atoms with van der Waals surface area (Å²) in [5.74, 6) is 0. The van der Waals surface area contributed by atoms with Crippen LogP contribution >= 0.6 is 0 Å². The smallest absolute Gasteiger partial charge is 0.282 e. The Hall–Kier alpha value is -4.60. The zero-order chi connectivity index (χ0) is 25.5. The van der Waals surface area contributed by atoms with E-state index in [0.717, 1.165) is 16.7 Å². The monoisotopic (exact) mass is 494 g/mol. The van der Waals surface area contributed by atoms with Gasteiger partial charge in [-0.15, -0.1) is 0 Å². The Bertz CT molecular complexity index is 1690. The van der Waals surface area contributed by atoms with E-state index >= 15 is 0 Å². The lowest BCUT2D eigenvalue weighted by atomic mass is 10.00. The number of rotatable bonds is 5. The lowest BCUT2D eigenvalue weighted by Gasteiger charge is -2.13. The molecule has 184 valence electrons. The second-order valence-corrected chi connectivity index (χ2v) is 8.75. The molecule has 0 spiro atoms. The Morgan fingerprint density at radius 3 is 2.22 bits per heavy atom. The van der Waals surface area contributed by atoms with Gasteiger partial charge in [-0.05, 0) is 30.2 Å². The van der Waals surface area contributed by atoms with Gasteiger partial charge in [0.2, 0.25) is 0 Å². The summed E-state index contributed by atoms with van der Waals surface area (Å²) in [6.07, 6.45) is -0.859. The van der Waals surface area contributed by atoms with Gasteiger partial charge in [0.15, 0.2) is 6.29 Å². The van der Waals surface area contributed by atoms with Crippen LogP contribution in [0.4, 0.5) is 5.69 Å². The van der Waals surface area contributed by atoms with Gasteiger partial charge in [-0.25, -0.2) is 0 Å². The Kier molecular flexibility index (Phi) is 5.63. The lowest BCUT2D eigenvalue weighted by molar-refractivity contribution is -0.386. The first-order valence-corrected chi connectivity index (χ1v) is 11.8. The summed E-state index contributed by atoms with van der Waals surface area (Å²) in [4.78, 5) is 28.5. The van der Waals surface area contributed by atoms with Crippen molar-refractivity contribution in [1.82, 2.24) is 14.6 Å². The number of aryl methyl sites for hydroxylation is 1. The number of ether oxygens (including phenoxy) is 2. The third-order valence-electron chi connectivity index (χ3n) is 6.47. The van der Waals surface area contributed by atoms with Crippen molar-refractivity contribution in [1.29, 1.82) is 0 Å². The van der Waals surface area contributed by atoms with Crippen LogP contribution in [0.25, 0.3) is 39.2 Å². The highest BCUT2D eigenvalue weighted by atomic mass is 16.7. The van der Waals surface area contributed by atoms with Crippen LogP contribution in [0.5, 0.6) is 0 Å². The fraction of sp³-hybridized carbons (Fsp3) is 0.143. The summed E-state index contributed by atoms with van der Waals surface area (Å²) in [6.45, 7) is 2.50. The standard InChI is InChI=1S/C28H22N4O5/c1-17-23(20-12-13-22(32(34)35)21(16-20)28-36-14-15-37-28)27(33)31-26(29-17)24(18-8-4-2-5-9-18)25(30-31)19-10-6-3-7-11-19/h2-13,16,28-29H,14-15H2,1H3. The molecule has 1 fully saturated rings. The SMILES string of the molecule is Cc1[nH]c2c(-c3ccccc3)c(-c3ccccc3)nn2c(=O)c1-c1ccc([N+](=O)[O-])c(C2OCCO2)c1. The Balaban J connectivity index is 1.60. The molecule has 0 aliphatic carbocycles. The van der Waals surface area contributed by atoms with Crippen molar-refractivity contribution < 1.29 is 14.4 Å². The van der Waals surface area contributed by atoms with Crippen LogP contribution in [0.3, 0.4) is 0 Å². The van der Waals surface area contributed by atoms with Crippen LogP contribution in [0, 0.1) is 17.0 Å². The second kappa shape index (κ2) is 9.12. The van der Waals surface area contributed by atoms with Gasteiger partial charge in [0.1, 0.15) is 11.3 Å². The molecule has 1 aliphatic rings. The summed E-state index contributed by atoms with van der Waals surface area (Å²) in [5.41, 5.74) is 5.17. The number of H-pyrrole nitrogens is 1. The molecule has 0 atom stereocenters. The molecule has 0 saturated carbocycles. The van der Waals surface area contributed by atoms with E-state index in [9.17, 15) is 14.9 Å². The molecule has 6 rings (SSSR count). The molecule has 1 N–H and O–H groups in total. The van der Waals surface area contributed by atoms with Crippen LogP contribution in [0.2, 0.25) is 0 Å². The molecule has 1 saturated heterocycles. The largest absolute Gasteiger partial charge is 0.346 e. The highest BCUT2D eigenvalue weighted by molar-refractivity contribution is 5.91. The van der Waals surface area contributed by atoms with Crippen molar-refractivity contribution in [3.8, 4) is 33.5 Å². The molecule has 5 aromatic rings. The molecule has 9 nitrogen and oxygen atoms in total. The first-order valence-electron chi connectivity index (χ1n) is 11.8. The Morgan fingerprint density at radius 1 is 0.919 bits per heavy atom. The number of fused-ring (bicyclic) bond motifs is 1. The number of hydrogen-bond acceptors (Lipinski definition) is 6. The lowest BCUT2D eigenvalue weighted by Crippen LogP contribution is -2.19. The van der Waals surface area contributed by atoms with E-state index in [1.165, 1.54) is 10.6 Å². The summed E-state index contributed by atoms with van der Waals surface area (Å²) in [7, 11) is 0. The van der Waals surface area contributed by atoms with Crippen LogP contribution < -0.4 is 5.56 Å². The topological polar surface area (TPSA) is 112 Å². The van der Waals surface area contributed by atoms with E-state index < -0.39 is 11.2 Å². The predicted octanol–water partition coefficient (Wildman–Crippen LogP) is 5.29. The molecular formula is C28H22N4O5. The fourth-order valence-corrected chi connectivity index (χ4v) is 4.81. The maximum atomic E-state index is 13.9. The molecule has 0 amide bonds. The molecule has 0 bridgehead atoms. The average Bonchev–Trinajstić information content (AvgIpc) is 3.58. The van der Waals surface area contributed by atoms with Crippen LogP contribution in [0.1, 0.15) is 17.5 Å². The second-order valence-electron chi connectivity index (χ2n) is 8.75. The fourth-order valence-electron chi connectivity index (χ4n) is 4.81. The molecule has 0 radical (unpaired) electrons. The molecule has 0 unspecified atom stereocenters. The van der Waals surface area contributed by atoms with E-state index in [1.54, 1.807) is 12.1 Å². The van der Waals surface area contributed by atoms with Gasteiger partial charge < -0.3 is 14.5 Å². The van der Waals surface area contributed by atoms with E-state index in [2.05, 4.69) is 4.98 Å². The van der Waals surface area contributed by atoms with Crippen LogP contribution in [-0.2, 0) is 9.47 Å². The molecule has 9 heteroatoms. The number of nitro benzene ring substituents is 1. The van der Waals surface area contributed by atoms with E-state index in [4.69, 9.17) is 14.6 Å². The Labute approximate surface area is 211 Å².